The molecule has 0 aromatic heterocycles. The first-order valence-electron chi connectivity index (χ1n) is 5.54. The Labute approximate surface area is 96.3 Å². The van der Waals surface area contributed by atoms with Crippen molar-refractivity contribution in [1.29, 1.82) is 0 Å². The molecule has 0 spiro atoms. The molecule has 0 aromatic carbocycles. The Morgan fingerprint density at radius 3 is 2.19 bits per heavy atom. The first-order chi connectivity index (χ1) is 7.40. The van der Waals surface area contributed by atoms with Gasteiger partial charge in [0.2, 0.25) is 0 Å². The van der Waals surface area contributed by atoms with Crippen LogP contribution in [0.15, 0.2) is 5.16 Å². The van der Waals surface area contributed by atoms with Crippen LogP contribution in [0.1, 0.15) is 13.8 Å². The third-order valence-corrected chi connectivity index (χ3v) is 2.59. The van der Waals surface area contributed by atoms with E-state index in [1.807, 2.05) is 13.8 Å². The quantitative estimate of drug-likeness (QED) is 0.253. The van der Waals surface area contributed by atoms with Crippen LogP contribution in [-0.4, -0.2) is 70.8 Å². The van der Waals surface area contributed by atoms with Gasteiger partial charge in [-0.1, -0.05) is 5.16 Å². The van der Waals surface area contributed by atoms with Crippen molar-refractivity contribution in [3.8, 4) is 0 Å². The van der Waals surface area contributed by atoms with Gasteiger partial charge in [-0.25, -0.2) is 0 Å². The lowest BCUT2D eigenvalue weighted by atomic mass is 10.1. The molecule has 6 heteroatoms. The number of piperazine rings is 1. The third-order valence-electron chi connectivity index (χ3n) is 2.59. The molecule has 0 aromatic rings. The van der Waals surface area contributed by atoms with Crippen LogP contribution in [0.3, 0.4) is 0 Å². The van der Waals surface area contributed by atoms with Crippen LogP contribution in [0.4, 0.5) is 0 Å². The molecule has 94 valence electrons. The summed E-state index contributed by atoms with van der Waals surface area (Å²) in [6, 6.07) is 0. The van der Waals surface area contributed by atoms with E-state index in [0.29, 0.717) is 13.1 Å². The average Bonchev–Trinajstić information content (AvgIpc) is 2.18. The highest BCUT2D eigenvalue weighted by molar-refractivity contribution is 5.81. The molecule has 1 saturated heterocycles. The van der Waals surface area contributed by atoms with Crippen LogP contribution in [0.5, 0.6) is 0 Å². The molecule has 6 nitrogen and oxygen atoms in total. The number of rotatable bonds is 4. The summed E-state index contributed by atoms with van der Waals surface area (Å²) >= 11 is 0. The highest BCUT2D eigenvalue weighted by Gasteiger charge is 2.22. The Morgan fingerprint density at radius 1 is 1.25 bits per heavy atom. The zero-order valence-corrected chi connectivity index (χ0v) is 10.1. The summed E-state index contributed by atoms with van der Waals surface area (Å²) in [5.41, 5.74) is 4.80. The van der Waals surface area contributed by atoms with E-state index in [0.717, 1.165) is 26.2 Å². The zero-order valence-electron chi connectivity index (χ0n) is 10.1. The molecule has 0 radical (unpaired) electrons. The lowest BCUT2D eigenvalue weighted by Crippen LogP contribution is -2.51. The van der Waals surface area contributed by atoms with Crippen LogP contribution in [0.2, 0.25) is 0 Å². The molecule has 0 bridgehead atoms. The van der Waals surface area contributed by atoms with Crippen molar-refractivity contribution >= 4 is 5.84 Å². The van der Waals surface area contributed by atoms with Gasteiger partial charge in [-0.05, 0) is 13.8 Å². The van der Waals surface area contributed by atoms with E-state index in [2.05, 4.69) is 15.0 Å². The number of oxime groups is 1. The number of nitrogens with two attached hydrogens (primary N) is 1. The van der Waals surface area contributed by atoms with Gasteiger partial charge in [-0.15, -0.1) is 0 Å². The minimum atomic E-state index is -0.645. The minimum Gasteiger partial charge on any atom is -0.409 e. The van der Waals surface area contributed by atoms with Crippen LogP contribution in [0, 0.1) is 0 Å². The topological polar surface area (TPSA) is 85.3 Å². The first-order valence-corrected chi connectivity index (χ1v) is 5.54. The molecule has 0 atom stereocenters. The maximum Gasteiger partial charge on any atom is 0.153 e. The van der Waals surface area contributed by atoms with Gasteiger partial charge < -0.3 is 16.0 Å². The molecule has 1 aliphatic rings. The Bertz CT molecular complexity index is 242. The van der Waals surface area contributed by atoms with Gasteiger partial charge in [0.1, 0.15) is 0 Å². The SMILES string of the molecule is CC(C)(O)CN1CCN(CC(N)=NO)CC1. The molecule has 0 unspecified atom stereocenters. The van der Waals surface area contributed by atoms with E-state index >= 15 is 0 Å². The predicted molar refractivity (Wildman–Crippen MR) is 62.6 cm³/mol. The van der Waals surface area contributed by atoms with E-state index in [1.54, 1.807) is 0 Å². The van der Waals surface area contributed by atoms with Crippen molar-refractivity contribution < 1.29 is 10.3 Å². The van der Waals surface area contributed by atoms with Gasteiger partial charge in [0.25, 0.3) is 0 Å². The second kappa shape index (κ2) is 5.47. The van der Waals surface area contributed by atoms with Crippen molar-refractivity contribution in [1.82, 2.24) is 9.80 Å². The highest BCUT2D eigenvalue weighted by Crippen LogP contribution is 2.08. The molecule has 16 heavy (non-hydrogen) atoms. The molecule has 4 N–H and O–H groups in total. The Kier molecular flexibility index (Phi) is 4.52. The van der Waals surface area contributed by atoms with Crippen LogP contribution >= 0.6 is 0 Å². The Hall–Kier alpha value is -0.850. The summed E-state index contributed by atoms with van der Waals surface area (Å²) in [5, 5.41) is 21.1. The average molecular weight is 230 g/mol. The van der Waals surface area contributed by atoms with Crippen molar-refractivity contribution in [2.24, 2.45) is 10.9 Å². The lowest BCUT2D eigenvalue weighted by molar-refractivity contribution is 0.0197. The molecule has 0 aliphatic carbocycles. The Balaban J connectivity index is 2.29. The summed E-state index contributed by atoms with van der Waals surface area (Å²) in [7, 11) is 0. The third kappa shape index (κ3) is 4.78. The fourth-order valence-corrected chi connectivity index (χ4v) is 1.91. The van der Waals surface area contributed by atoms with Gasteiger partial charge in [-0.2, -0.15) is 0 Å². The largest absolute Gasteiger partial charge is 0.409 e. The number of β-amino-alcohol motifs (C(OH)–C–C–N with tert-alkyl or cyclic N) is 1. The van der Waals surface area contributed by atoms with Crippen molar-refractivity contribution in [2.45, 2.75) is 19.4 Å². The molecular weight excluding hydrogens is 208 g/mol. The number of hydrogen-bond acceptors (Lipinski definition) is 5. The summed E-state index contributed by atoms with van der Waals surface area (Å²) < 4.78 is 0. The van der Waals surface area contributed by atoms with Gasteiger partial charge in [0.05, 0.1) is 12.1 Å². The number of aliphatic hydroxyl groups is 1. The number of nitrogens with zero attached hydrogens (tertiary/aromatic N) is 3. The number of amidine groups is 1. The van der Waals surface area contributed by atoms with Crippen LogP contribution < -0.4 is 5.73 Å². The van der Waals surface area contributed by atoms with Gasteiger partial charge in [0, 0.05) is 32.7 Å². The molecule has 1 fully saturated rings. The van der Waals surface area contributed by atoms with Gasteiger partial charge in [-0.3, -0.25) is 9.80 Å². The first kappa shape index (κ1) is 13.2. The second-order valence-electron chi connectivity index (χ2n) is 4.96. The van der Waals surface area contributed by atoms with Crippen LogP contribution in [0.25, 0.3) is 0 Å². The smallest absolute Gasteiger partial charge is 0.153 e. The fourth-order valence-electron chi connectivity index (χ4n) is 1.91. The summed E-state index contributed by atoms with van der Waals surface area (Å²) in [5.74, 6) is 0.246. The van der Waals surface area contributed by atoms with E-state index < -0.39 is 5.60 Å². The van der Waals surface area contributed by atoms with E-state index in [-0.39, 0.29) is 5.84 Å². The molecule has 0 amide bonds. The maximum absolute atomic E-state index is 9.69. The molecule has 0 saturated carbocycles. The van der Waals surface area contributed by atoms with Crippen molar-refractivity contribution in [3.05, 3.63) is 0 Å². The van der Waals surface area contributed by atoms with Crippen molar-refractivity contribution in [3.63, 3.8) is 0 Å². The van der Waals surface area contributed by atoms with Crippen LogP contribution in [-0.2, 0) is 0 Å². The molecule has 1 aliphatic heterocycles. The standard InChI is InChI=1S/C10H22N4O2/c1-10(2,15)8-14-5-3-13(4-6-14)7-9(11)12-16/h15-16H,3-8H2,1-2H3,(H2,11,12). The lowest BCUT2D eigenvalue weighted by Gasteiger charge is -2.36. The fraction of sp³-hybridized carbons (Fsp3) is 0.900. The second-order valence-corrected chi connectivity index (χ2v) is 4.96. The van der Waals surface area contributed by atoms with Crippen molar-refractivity contribution in [2.75, 3.05) is 39.3 Å². The maximum atomic E-state index is 9.69. The van der Waals surface area contributed by atoms with E-state index in [4.69, 9.17) is 10.9 Å². The summed E-state index contributed by atoms with van der Waals surface area (Å²) in [4.78, 5) is 4.36. The zero-order chi connectivity index (χ0) is 12.2. The minimum absolute atomic E-state index is 0.246. The van der Waals surface area contributed by atoms with Gasteiger partial charge >= 0.3 is 0 Å². The van der Waals surface area contributed by atoms with E-state index in [9.17, 15) is 5.11 Å². The highest BCUT2D eigenvalue weighted by atomic mass is 16.4. The summed E-state index contributed by atoms with van der Waals surface area (Å²) in [6.07, 6.45) is 0. The summed E-state index contributed by atoms with van der Waals surface area (Å²) in [6.45, 7) is 8.40. The predicted octanol–water partition coefficient (Wildman–Crippen LogP) is -0.879. The number of hydrogen-bond donors (Lipinski definition) is 3. The van der Waals surface area contributed by atoms with Gasteiger partial charge in [0.15, 0.2) is 5.84 Å². The normalized spacial score (nSPS) is 21.3. The molecule has 1 rings (SSSR count). The van der Waals surface area contributed by atoms with E-state index in [1.165, 1.54) is 0 Å². The monoisotopic (exact) mass is 230 g/mol. The molecular formula is C10H22N4O2. The molecule has 1 heterocycles. The Morgan fingerprint density at radius 2 is 1.75 bits per heavy atom.